The summed E-state index contributed by atoms with van der Waals surface area (Å²) < 4.78 is 0. The van der Waals surface area contributed by atoms with Crippen molar-refractivity contribution in [2.45, 2.75) is 33.1 Å². The Hall–Kier alpha value is -0.690. The summed E-state index contributed by atoms with van der Waals surface area (Å²) in [5.74, 6) is 0.758. The predicted octanol–water partition coefficient (Wildman–Crippen LogP) is 3.90. The molecule has 0 heterocycles. The van der Waals surface area contributed by atoms with Gasteiger partial charge in [-0.2, -0.15) is 0 Å². The van der Waals surface area contributed by atoms with Gasteiger partial charge >= 0.3 is 0 Å². The van der Waals surface area contributed by atoms with E-state index < -0.39 is 0 Å². The number of benzene rings is 1. The van der Waals surface area contributed by atoms with E-state index in [1.807, 2.05) is 18.2 Å². The van der Waals surface area contributed by atoms with Crippen LogP contribution in [-0.4, -0.2) is 0 Å². The minimum absolute atomic E-state index is 0.758. The number of nitrogens with two attached hydrogens (primary N) is 1. The number of aryl methyl sites for hydroxylation is 1. The van der Waals surface area contributed by atoms with Crippen molar-refractivity contribution in [3.8, 4) is 0 Å². The molecule has 0 saturated carbocycles. The molecule has 1 atom stereocenters. The summed E-state index contributed by atoms with van der Waals surface area (Å²) in [6, 6.07) is 5.69. The summed E-state index contributed by atoms with van der Waals surface area (Å²) in [6.45, 7) is 4.48. The molecule has 1 aromatic carbocycles. The third-order valence-electron chi connectivity index (χ3n) is 2.71. The van der Waals surface area contributed by atoms with E-state index in [4.69, 9.17) is 17.3 Å². The molecule has 0 bridgehead atoms. The largest absolute Gasteiger partial charge is 0.399 e. The number of hydrogen-bond acceptors (Lipinski definition) is 1. The van der Waals surface area contributed by atoms with Gasteiger partial charge in [-0.1, -0.05) is 31.9 Å². The van der Waals surface area contributed by atoms with Gasteiger partial charge in [0.2, 0.25) is 0 Å². The Morgan fingerprint density at radius 1 is 1.43 bits per heavy atom. The lowest BCUT2D eigenvalue weighted by Crippen LogP contribution is -1.99. The van der Waals surface area contributed by atoms with Crippen LogP contribution in [0.15, 0.2) is 18.2 Å². The Labute approximate surface area is 91.3 Å². The average Bonchev–Trinajstić information content (AvgIpc) is 2.19. The second-order valence-corrected chi connectivity index (χ2v) is 4.33. The Kier molecular flexibility index (Phi) is 4.27. The summed E-state index contributed by atoms with van der Waals surface area (Å²) >= 11 is 5.91. The number of halogens is 1. The molecule has 2 N–H and O–H groups in total. The van der Waals surface area contributed by atoms with E-state index in [0.29, 0.717) is 0 Å². The molecule has 1 rings (SSSR count). The Morgan fingerprint density at radius 3 is 2.79 bits per heavy atom. The molecule has 78 valence electrons. The lowest BCUT2D eigenvalue weighted by atomic mass is 9.98. The molecule has 0 radical (unpaired) electrons. The van der Waals surface area contributed by atoms with Crippen molar-refractivity contribution >= 4 is 17.3 Å². The maximum absolute atomic E-state index is 5.91. The predicted molar refractivity (Wildman–Crippen MR) is 63.6 cm³/mol. The zero-order valence-corrected chi connectivity index (χ0v) is 9.64. The van der Waals surface area contributed by atoms with E-state index in [2.05, 4.69) is 13.8 Å². The highest BCUT2D eigenvalue weighted by Crippen LogP contribution is 2.21. The average molecular weight is 212 g/mol. The lowest BCUT2D eigenvalue weighted by molar-refractivity contribution is 0.517. The number of nitrogen functional groups attached to an aromatic ring is 1. The van der Waals surface area contributed by atoms with Crippen molar-refractivity contribution in [3.05, 3.63) is 28.8 Å². The minimum atomic E-state index is 0.758. The summed E-state index contributed by atoms with van der Waals surface area (Å²) in [5.41, 5.74) is 7.90. The standard InChI is InChI=1S/C12H18ClN/c1-3-9(2)4-5-10-8-11(13)6-7-12(10)14/h6-9H,3-5,14H2,1-2H3. The van der Waals surface area contributed by atoms with E-state index in [0.717, 1.165) is 23.0 Å². The van der Waals surface area contributed by atoms with Gasteiger partial charge in [-0.15, -0.1) is 0 Å². The van der Waals surface area contributed by atoms with Crippen LogP contribution >= 0.6 is 11.6 Å². The van der Waals surface area contributed by atoms with Crippen LogP contribution in [0.2, 0.25) is 5.02 Å². The molecule has 0 spiro atoms. The van der Waals surface area contributed by atoms with Crippen LogP contribution in [0, 0.1) is 5.92 Å². The Balaban J connectivity index is 2.62. The molecular formula is C12H18ClN. The first kappa shape index (κ1) is 11.4. The van der Waals surface area contributed by atoms with Gasteiger partial charge in [-0.25, -0.2) is 0 Å². The number of rotatable bonds is 4. The summed E-state index contributed by atoms with van der Waals surface area (Å²) in [5, 5.41) is 0.776. The molecule has 2 heteroatoms. The molecular weight excluding hydrogens is 194 g/mol. The van der Waals surface area contributed by atoms with Gasteiger partial charge in [0.05, 0.1) is 0 Å². The molecule has 0 aliphatic carbocycles. The molecule has 1 nitrogen and oxygen atoms in total. The van der Waals surface area contributed by atoms with Gasteiger partial charge in [0.25, 0.3) is 0 Å². The fourth-order valence-electron chi connectivity index (χ4n) is 1.40. The maximum Gasteiger partial charge on any atom is 0.0410 e. The summed E-state index contributed by atoms with van der Waals surface area (Å²) in [6.07, 6.45) is 3.43. The van der Waals surface area contributed by atoms with Crippen molar-refractivity contribution in [1.82, 2.24) is 0 Å². The zero-order chi connectivity index (χ0) is 10.6. The molecule has 0 aliphatic rings. The Morgan fingerprint density at radius 2 is 2.14 bits per heavy atom. The van der Waals surface area contributed by atoms with Crippen molar-refractivity contribution < 1.29 is 0 Å². The van der Waals surface area contributed by atoms with Gasteiger partial charge in [-0.05, 0) is 42.5 Å². The van der Waals surface area contributed by atoms with Gasteiger partial charge in [-0.3, -0.25) is 0 Å². The molecule has 0 amide bonds. The van der Waals surface area contributed by atoms with Crippen molar-refractivity contribution in [1.29, 1.82) is 0 Å². The lowest BCUT2D eigenvalue weighted by Gasteiger charge is -2.10. The second-order valence-electron chi connectivity index (χ2n) is 3.90. The first-order valence-corrected chi connectivity index (χ1v) is 5.55. The first-order valence-electron chi connectivity index (χ1n) is 5.17. The van der Waals surface area contributed by atoms with E-state index in [1.165, 1.54) is 18.4 Å². The van der Waals surface area contributed by atoms with Crippen molar-refractivity contribution in [2.24, 2.45) is 5.92 Å². The monoisotopic (exact) mass is 211 g/mol. The summed E-state index contributed by atoms with van der Waals surface area (Å²) in [7, 11) is 0. The van der Waals surface area contributed by atoms with Crippen molar-refractivity contribution in [2.75, 3.05) is 5.73 Å². The quantitative estimate of drug-likeness (QED) is 0.752. The van der Waals surface area contributed by atoms with E-state index in [1.54, 1.807) is 0 Å². The van der Waals surface area contributed by atoms with Crippen LogP contribution in [0.25, 0.3) is 0 Å². The maximum atomic E-state index is 5.91. The number of hydrogen-bond donors (Lipinski definition) is 1. The van der Waals surface area contributed by atoms with Crippen LogP contribution < -0.4 is 5.73 Å². The highest BCUT2D eigenvalue weighted by Gasteiger charge is 2.03. The topological polar surface area (TPSA) is 26.0 Å². The molecule has 0 fully saturated rings. The van der Waals surface area contributed by atoms with Crippen LogP contribution in [0.4, 0.5) is 5.69 Å². The summed E-state index contributed by atoms with van der Waals surface area (Å²) in [4.78, 5) is 0. The van der Waals surface area contributed by atoms with Crippen LogP contribution in [0.3, 0.4) is 0 Å². The van der Waals surface area contributed by atoms with Crippen LogP contribution in [-0.2, 0) is 6.42 Å². The van der Waals surface area contributed by atoms with Crippen molar-refractivity contribution in [3.63, 3.8) is 0 Å². The molecule has 14 heavy (non-hydrogen) atoms. The highest BCUT2D eigenvalue weighted by atomic mass is 35.5. The molecule has 0 saturated heterocycles. The van der Waals surface area contributed by atoms with Crippen LogP contribution in [0.5, 0.6) is 0 Å². The smallest absolute Gasteiger partial charge is 0.0410 e. The van der Waals surface area contributed by atoms with Gasteiger partial charge in [0, 0.05) is 10.7 Å². The van der Waals surface area contributed by atoms with Gasteiger partial charge < -0.3 is 5.73 Å². The Bertz CT molecular complexity index is 296. The fraction of sp³-hybridized carbons (Fsp3) is 0.500. The van der Waals surface area contributed by atoms with Crippen LogP contribution in [0.1, 0.15) is 32.3 Å². The molecule has 0 aliphatic heterocycles. The highest BCUT2D eigenvalue weighted by molar-refractivity contribution is 6.30. The minimum Gasteiger partial charge on any atom is -0.399 e. The fourth-order valence-corrected chi connectivity index (χ4v) is 1.59. The van der Waals surface area contributed by atoms with E-state index in [9.17, 15) is 0 Å². The molecule has 1 aromatic rings. The first-order chi connectivity index (χ1) is 6.63. The zero-order valence-electron chi connectivity index (χ0n) is 8.89. The molecule has 1 unspecified atom stereocenters. The van der Waals surface area contributed by atoms with E-state index >= 15 is 0 Å². The number of anilines is 1. The molecule has 0 aromatic heterocycles. The van der Waals surface area contributed by atoms with Gasteiger partial charge in [0.1, 0.15) is 0 Å². The third kappa shape index (κ3) is 3.22. The second kappa shape index (κ2) is 5.26. The normalized spacial score (nSPS) is 12.8. The SMILES string of the molecule is CCC(C)CCc1cc(Cl)ccc1N. The third-order valence-corrected chi connectivity index (χ3v) is 2.94. The van der Waals surface area contributed by atoms with E-state index in [-0.39, 0.29) is 0 Å². The van der Waals surface area contributed by atoms with Gasteiger partial charge in [0.15, 0.2) is 0 Å².